The van der Waals surface area contributed by atoms with Gasteiger partial charge in [-0.2, -0.15) is 0 Å². The molecule has 1 N–H and O–H groups in total. The van der Waals surface area contributed by atoms with Crippen molar-refractivity contribution in [3.05, 3.63) is 24.2 Å². The van der Waals surface area contributed by atoms with Crippen LogP contribution in [0.4, 0.5) is 0 Å². The molecule has 18 heavy (non-hydrogen) atoms. The van der Waals surface area contributed by atoms with Crippen molar-refractivity contribution in [3.63, 3.8) is 0 Å². The summed E-state index contributed by atoms with van der Waals surface area (Å²) in [7, 11) is 2.02. The molecule has 4 heteroatoms. The van der Waals surface area contributed by atoms with Gasteiger partial charge in [0.05, 0.1) is 19.4 Å². The predicted molar refractivity (Wildman–Crippen MR) is 71.5 cm³/mol. The zero-order valence-electron chi connectivity index (χ0n) is 11.4. The Kier molecular flexibility index (Phi) is 4.80. The van der Waals surface area contributed by atoms with E-state index in [2.05, 4.69) is 17.1 Å². The van der Waals surface area contributed by atoms with E-state index >= 15 is 0 Å². The Morgan fingerprint density at radius 2 is 2.39 bits per heavy atom. The van der Waals surface area contributed by atoms with Crippen LogP contribution in [0.25, 0.3) is 0 Å². The first-order valence-electron chi connectivity index (χ1n) is 6.75. The lowest BCUT2D eigenvalue weighted by atomic mass is 9.86. The molecule has 1 aliphatic rings. The first-order chi connectivity index (χ1) is 8.78. The van der Waals surface area contributed by atoms with E-state index in [0.717, 1.165) is 51.6 Å². The second-order valence-corrected chi connectivity index (χ2v) is 5.22. The molecule has 0 aliphatic carbocycles. The summed E-state index contributed by atoms with van der Waals surface area (Å²) in [5.41, 5.74) is 0.261. The van der Waals surface area contributed by atoms with Gasteiger partial charge in [0.25, 0.3) is 0 Å². The van der Waals surface area contributed by atoms with Crippen LogP contribution in [0.1, 0.15) is 19.1 Å². The summed E-state index contributed by atoms with van der Waals surface area (Å²) in [5.74, 6) is 1.04. The normalized spacial score (nSPS) is 23.9. The van der Waals surface area contributed by atoms with E-state index in [1.54, 1.807) is 6.26 Å². The van der Waals surface area contributed by atoms with E-state index in [1.165, 1.54) is 0 Å². The van der Waals surface area contributed by atoms with E-state index < -0.39 is 0 Å². The van der Waals surface area contributed by atoms with Crippen molar-refractivity contribution in [3.8, 4) is 0 Å². The molecule has 0 radical (unpaired) electrons. The van der Waals surface area contributed by atoms with Gasteiger partial charge in [-0.15, -0.1) is 0 Å². The monoisotopic (exact) mass is 252 g/mol. The minimum Gasteiger partial charge on any atom is -0.468 e. The van der Waals surface area contributed by atoms with Gasteiger partial charge in [-0.05, 0) is 32.1 Å². The van der Waals surface area contributed by atoms with Gasteiger partial charge < -0.3 is 14.5 Å². The van der Waals surface area contributed by atoms with Crippen LogP contribution in [-0.2, 0) is 11.3 Å². The van der Waals surface area contributed by atoms with Gasteiger partial charge in [-0.3, -0.25) is 4.90 Å². The van der Waals surface area contributed by atoms with Gasteiger partial charge in [-0.25, -0.2) is 0 Å². The fourth-order valence-corrected chi connectivity index (χ4v) is 2.72. The lowest BCUT2D eigenvalue weighted by Gasteiger charge is -2.33. The van der Waals surface area contributed by atoms with Gasteiger partial charge in [-0.1, -0.05) is 6.92 Å². The molecule has 1 aromatic heterocycles. The zero-order valence-corrected chi connectivity index (χ0v) is 11.4. The molecule has 2 rings (SSSR count). The Morgan fingerprint density at radius 3 is 2.94 bits per heavy atom. The van der Waals surface area contributed by atoms with Gasteiger partial charge in [0, 0.05) is 25.1 Å². The van der Waals surface area contributed by atoms with Crippen LogP contribution in [-0.4, -0.2) is 44.8 Å². The summed E-state index contributed by atoms with van der Waals surface area (Å²) >= 11 is 0. The molecule has 0 bridgehead atoms. The molecule has 1 aliphatic heterocycles. The van der Waals surface area contributed by atoms with Gasteiger partial charge in [0.2, 0.25) is 0 Å². The average molecular weight is 252 g/mol. The Hall–Kier alpha value is -0.840. The minimum atomic E-state index is 0.261. The third-order valence-electron chi connectivity index (χ3n) is 3.70. The average Bonchev–Trinajstić information content (AvgIpc) is 3.01. The molecule has 0 spiro atoms. The molecule has 1 atom stereocenters. The molecule has 0 saturated carbocycles. The van der Waals surface area contributed by atoms with Crippen LogP contribution < -0.4 is 5.32 Å². The summed E-state index contributed by atoms with van der Waals surface area (Å²) in [6.07, 6.45) is 2.88. The van der Waals surface area contributed by atoms with Gasteiger partial charge in [0.15, 0.2) is 0 Å². The number of furan rings is 1. The molecule has 4 nitrogen and oxygen atoms in total. The molecule has 0 amide bonds. The summed E-state index contributed by atoms with van der Waals surface area (Å²) in [5, 5.41) is 3.31. The van der Waals surface area contributed by atoms with Crippen molar-refractivity contribution in [1.82, 2.24) is 10.2 Å². The molecule has 2 heterocycles. The zero-order chi connectivity index (χ0) is 12.8. The summed E-state index contributed by atoms with van der Waals surface area (Å²) < 4.78 is 11.0. The van der Waals surface area contributed by atoms with E-state index in [4.69, 9.17) is 9.15 Å². The Morgan fingerprint density at radius 1 is 1.50 bits per heavy atom. The SMILES string of the molecule is CCN(Cc1ccco1)CC1(CNC)CCOC1. The van der Waals surface area contributed by atoms with Crippen molar-refractivity contribution >= 4 is 0 Å². The van der Waals surface area contributed by atoms with Crippen LogP contribution in [0.2, 0.25) is 0 Å². The topological polar surface area (TPSA) is 37.6 Å². The molecule has 1 saturated heterocycles. The summed E-state index contributed by atoms with van der Waals surface area (Å²) in [6.45, 7) is 7.95. The quantitative estimate of drug-likeness (QED) is 0.802. The number of hydrogen-bond donors (Lipinski definition) is 1. The summed E-state index contributed by atoms with van der Waals surface area (Å²) in [6, 6.07) is 3.99. The number of nitrogens with zero attached hydrogens (tertiary/aromatic N) is 1. The number of hydrogen-bond acceptors (Lipinski definition) is 4. The second kappa shape index (κ2) is 6.36. The van der Waals surface area contributed by atoms with Gasteiger partial charge >= 0.3 is 0 Å². The first-order valence-corrected chi connectivity index (χ1v) is 6.75. The lowest BCUT2D eigenvalue weighted by molar-refractivity contribution is 0.105. The lowest BCUT2D eigenvalue weighted by Crippen LogP contribution is -2.43. The van der Waals surface area contributed by atoms with E-state index in [1.807, 2.05) is 19.2 Å². The fraction of sp³-hybridized carbons (Fsp3) is 0.714. The van der Waals surface area contributed by atoms with Gasteiger partial charge in [0.1, 0.15) is 5.76 Å². The largest absolute Gasteiger partial charge is 0.468 e. The van der Waals surface area contributed by atoms with Crippen molar-refractivity contribution in [2.45, 2.75) is 19.9 Å². The number of ether oxygens (including phenoxy) is 1. The number of rotatable bonds is 7. The van der Waals surface area contributed by atoms with Crippen molar-refractivity contribution in [2.24, 2.45) is 5.41 Å². The van der Waals surface area contributed by atoms with Crippen LogP contribution in [0.5, 0.6) is 0 Å². The van der Waals surface area contributed by atoms with Crippen LogP contribution in [0.15, 0.2) is 22.8 Å². The second-order valence-electron chi connectivity index (χ2n) is 5.22. The van der Waals surface area contributed by atoms with Crippen molar-refractivity contribution < 1.29 is 9.15 Å². The smallest absolute Gasteiger partial charge is 0.117 e. The molecule has 0 aromatic carbocycles. The Bertz CT molecular complexity index is 332. The first kappa shape index (κ1) is 13.6. The molecule has 1 fully saturated rings. The van der Waals surface area contributed by atoms with E-state index in [9.17, 15) is 0 Å². The van der Waals surface area contributed by atoms with E-state index in [-0.39, 0.29) is 5.41 Å². The molecule has 1 aromatic rings. The molecular weight excluding hydrogens is 228 g/mol. The summed E-state index contributed by atoms with van der Waals surface area (Å²) in [4.78, 5) is 2.44. The molecular formula is C14H24N2O2. The maximum Gasteiger partial charge on any atom is 0.117 e. The van der Waals surface area contributed by atoms with Crippen LogP contribution in [0.3, 0.4) is 0 Å². The van der Waals surface area contributed by atoms with Crippen molar-refractivity contribution in [2.75, 3.05) is 39.9 Å². The third-order valence-corrected chi connectivity index (χ3v) is 3.70. The van der Waals surface area contributed by atoms with Crippen molar-refractivity contribution in [1.29, 1.82) is 0 Å². The van der Waals surface area contributed by atoms with E-state index in [0.29, 0.717) is 0 Å². The van der Waals surface area contributed by atoms with Crippen LogP contribution >= 0.6 is 0 Å². The predicted octanol–water partition coefficient (Wildman–Crippen LogP) is 1.73. The Labute approximate surface area is 109 Å². The highest BCUT2D eigenvalue weighted by Gasteiger charge is 2.35. The molecule has 1 unspecified atom stereocenters. The molecule has 102 valence electrons. The minimum absolute atomic E-state index is 0.261. The van der Waals surface area contributed by atoms with Crippen LogP contribution in [0, 0.1) is 5.41 Å². The highest BCUT2D eigenvalue weighted by Crippen LogP contribution is 2.29. The third kappa shape index (κ3) is 3.34. The maximum atomic E-state index is 5.60. The highest BCUT2D eigenvalue weighted by molar-refractivity contribution is 4.98. The Balaban J connectivity index is 1.95. The maximum absolute atomic E-state index is 5.60. The fourth-order valence-electron chi connectivity index (χ4n) is 2.72. The number of nitrogens with one attached hydrogen (secondary N) is 1. The standard InChI is InChI=1S/C14H24N2O2/c1-3-16(9-13-5-4-7-18-13)11-14(10-15-2)6-8-17-12-14/h4-5,7,15H,3,6,8-12H2,1-2H3. The highest BCUT2D eigenvalue weighted by atomic mass is 16.5.